The zero-order valence-corrected chi connectivity index (χ0v) is 21.9. The average Bonchev–Trinajstić information content (AvgIpc) is 2.98. The van der Waals surface area contributed by atoms with E-state index in [-0.39, 0.29) is 38.8 Å². The molecule has 0 aliphatic heterocycles. The molecule has 0 aliphatic carbocycles. The summed E-state index contributed by atoms with van der Waals surface area (Å²) in [6, 6.07) is 19.5. The summed E-state index contributed by atoms with van der Waals surface area (Å²) in [7, 11) is -3.10. The van der Waals surface area contributed by atoms with Crippen molar-refractivity contribution in [1.82, 2.24) is 0 Å². The number of sulfonamides is 1. The number of carbonyl (C=O) groups is 2. The molecule has 0 fully saturated rings. The number of hydrogen-bond donors (Lipinski definition) is 0. The minimum Gasteiger partial charge on any atom is -0.497 e. The Balaban J connectivity index is 1.67. The van der Waals surface area contributed by atoms with E-state index in [1.807, 2.05) is 0 Å². The summed E-state index contributed by atoms with van der Waals surface area (Å²) < 4.78 is 38.2. The van der Waals surface area contributed by atoms with E-state index in [1.54, 1.807) is 0 Å². The van der Waals surface area contributed by atoms with Crippen molar-refractivity contribution in [2.75, 3.05) is 11.4 Å². The molecule has 14 heteroatoms. The van der Waals surface area contributed by atoms with Crippen LogP contribution in [0.2, 0.25) is 0 Å². The lowest BCUT2D eigenvalue weighted by molar-refractivity contribution is -0.385. The maximum atomic E-state index is 13.7. The molecule has 0 atom stereocenters. The lowest BCUT2D eigenvalue weighted by atomic mass is 10.2. The van der Waals surface area contributed by atoms with Crippen LogP contribution in [0.5, 0.6) is 11.5 Å². The van der Waals surface area contributed by atoms with Crippen LogP contribution in [-0.2, 0) is 10.0 Å². The average molecular weight is 578 g/mol. The number of hydrogen-bond acceptors (Lipinski definition) is 10. The van der Waals surface area contributed by atoms with Crippen molar-refractivity contribution in [1.29, 1.82) is 0 Å². The van der Waals surface area contributed by atoms with Gasteiger partial charge in [0.2, 0.25) is 0 Å². The van der Waals surface area contributed by atoms with Crippen LogP contribution in [-0.4, -0.2) is 37.3 Å². The first-order valence-corrected chi connectivity index (χ1v) is 13.0. The van der Waals surface area contributed by atoms with Gasteiger partial charge in [-0.05, 0) is 72.8 Å². The van der Waals surface area contributed by atoms with Gasteiger partial charge >= 0.3 is 5.97 Å². The third-order valence-electron chi connectivity index (χ3n) is 5.70. The molecule has 0 N–H and O–H groups in total. The molecule has 0 aliphatic rings. The number of carbonyl (C=O) groups excluding carboxylic acids is 2. The van der Waals surface area contributed by atoms with Gasteiger partial charge < -0.3 is 9.47 Å². The van der Waals surface area contributed by atoms with Gasteiger partial charge in [0.05, 0.1) is 33.1 Å². The van der Waals surface area contributed by atoms with Gasteiger partial charge in [-0.2, -0.15) is 4.31 Å². The van der Waals surface area contributed by atoms with Crippen LogP contribution >= 0.6 is 0 Å². The van der Waals surface area contributed by atoms with Crippen LogP contribution in [0.4, 0.5) is 17.1 Å². The molecule has 0 heterocycles. The number of amides is 1. The van der Waals surface area contributed by atoms with E-state index in [0.717, 1.165) is 36.4 Å². The van der Waals surface area contributed by atoms with Gasteiger partial charge in [-0.3, -0.25) is 25.0 Å². The summed E-state index contributed by atoms with van der Waals surface area (Å²) in [6.45, 7) is 0. The minimum absolute atomic E-state index is 0.00156. The summed E-state index contributed by atoms with van der Waals surface area (Å²) in [5.41, 5.74) is -0.704. The lowest BCUT2D eigenvalue weighted by Crippen LogP contribution is -2.37. The highest BCUT2D eigenvalue weighted by atomic mass is 32.2. The fourth-order valence-electron chi connectivity index (χ4n) is 3.60. The van der Waals surface area contributed by atoms with E-state index in [4.69, 9.17) is 9.47 Å². The molecule has 1 amide bonds. The summed E-state index contributed by atoms with van der Waals surface area (Å²) in [6.07, 6.45) is 0. The zero-order valence-electron chi connectivity index (χ0n) is 21.1. The highest BCUT2D eigenvalue weighted by Gasteiger charge is 2.32. The minimum atomic E-state index is -4.51. The molecular formula is C27H19N3O10S. The number of non-ortho nitro benzene ring substituents is 2. The van der Waals surface area contributed by atoms with Crippen molar-refractivity contribution in [2.24, 2.45) is 0 Å². The molecule has 208 valence electrons. The topological polar surface area (TPSA) is 176 Å². The molecule has 0 saturated carbocycles. The summed E-state index contributed by atoms with van der Waals surface area (Å²) in [5, 5.41) is 21.8. The number of rotatable bonds is 9. The van der Waals surface area contributed by atoms with Gasteiger partial charge in [-0.25, -0.2) is 13.2 Å². The van der Waals surface area contributed by atoms with Gasteiger partial charge in [0.15, 0.2) is 0 Å². The van der Waals surface area contributed by atoms with Crippen molar-refractivity contribution in [3.8, 4) is 11.5 Å². The molecule has 0 bridgehead atoms. The van der Waals surface area contributed by atoms with Crippen LogP contribution in [0.1, 0.15) is 20.7 Å². The second kappa shape index (κ2) is 11.6. The molecule has 41 heavy (non-hydrogen) atoms. The van der Waals surface area contributed by atoms with Crippen molar-refractivity contribution < 1.29 is 37.3 Å². The third kappa shape index (κ3) is 6.17. The second-order valence-corrected chi connectivity index (χ2v) is 10.0. The van der Waals surface area contributed by atoms with Crippen molar-refractivity contribution in [2.45, 2.75) is 4.90 Å². The molecular weight excluding hydrogens is 558 g/mol. The van der Waals surface area contributed by atoms with Crippen LogP contribution in [0.15, 0.2) is 102 Å². The standard InChI is InChI=1S/C27H19N3O10S/c1-39-23-14-16-25(17-15-23)41(37,38)28(26(31)18-2-6-21(7-3-18)29(33)34)20-10-12-24(13-11-20)40-27(32)19-4-8-22(9-5-19)30(35)36/h2-17H,1H3. The van der Waals surface area contributed by atoms with E-state index < -0.39 is 31.7 Å². The summed E-state index contributed by atoms with van der Waals surface area (Å²) in [5.74, 6) is -1.43. The van der Waals surface area contributed by atoms with Gasteiger partial charge in [0.1, 0.15) is 11.5 Å². The second-order valence-electron chi connectivity index (χ2n) is 8.24. The number of nitrogens with zero attached hydrogens (tertiary/aromatic N) is 3. The Bertz CT molecular complexity index is 1720. The number of nitro benzene ring substituents is 2. The Labute approximate surface area is 232 Å². The van der Waals surface area contributed by atoms with Crippen molar-refractivity contribution >= 4 is 39.0 Å². The van der Waals surface area contributed by atoms with Crippen LogP contribution in [0, 0.1) is 20.2 Å². The highest BCUT2D eigenvalue weighted by Crippen LogP contribution is 2.29. The van der Waals surface area contributed by atoms with Crippen molar-refractivity contribution in [3.05, 3.63) is 128 Å². The van der Waals surface area contributed by atoms with E-state index in [2.05, 4.69) is 0 Å². The van der Waals surface area contributed by atoms with Gasteiger partial charge in [0.25, 0.3) is 27.3 Å². The Kier molecular flexibility index (Phi) is 8.05. The molecule has 4 aromatic carbocycles. The molecule has 0 saturated heterocycles. The first kappa shape index (κ1) is 28.4. The Morgan fingerprint density at radius 2 is 1.15 bits per heavy atom. The van der Waals surface area contributed by atoms with E-state index in [9.17, 15) is 38.2 Å². The number of ether oxygens (including phenoxy) is 2. The fourth-order valence-corrected chi connectivity index (χ4v) is 5.01. The number of esters is 1. The fraction of sp³-hybridized carbons (Fsp3) is 0.0370. The Hall–Kier alpha value is -5.63. The third-order valence-corrected chi connectivity index (χ3v) is 7.43. The Morgan fingerprint density at radius 3 is 1.61 bits per heavy atom. The van der Waals surface area contributed by atoms with Gasteiger partial charge in [0, 0.05) is 29.8 Å². The maximum Gasteiger partial charge on any atom is 0.343 e. The molecule has 4 rings (SSSR count). The number of anilines is 1. The van der Waals surface area contributed by atoms with Crippen LogP contribution in [0.3, 0.4) is 0 Å². The zero-order chi connectivity index (χ0) is 29.7. The van der Waals surface area contributed by atoms with Crippen molar-refractivity contribution in [3.63, 3.8) is 0 Å². The first-order valence-electron chi connectivity index (χ1n) is 11.6. The smallest absolute Gasteiger partial charge is 0.343 e. The number of methoxy groups -OCH3 is 1. The van der Waals surface area contributed by atoms with Gasteiger partial charge in [-0.15, -0.1) is 0 Å². The number of benzene rings is 4. The molecule has 13 nitrogen and oxygen atoms in total. The van der Waals surface area contributed by atoms with E-state index in [0.29, 0.717) is 10.1 Å². The molecule has 0 spiro atoms. The molecule has 0 radical (unpaired) electrons. The molecule has 4 aromatic rings. The SMILES string of the molecule is COc1ccc(S(=O)(=O)N(C(=O)c2ccc([N+](=O)[O-])cc2)c2ccc(OC(=O)c3ccc([N+](=O)[O-])cc3)cc2)cc1. The Morgan fingerprint density at radius 1 is 0.683 bits per heavy atom. The molecule has 0 aromatic heterocycles. The molecule has 0 unspecified atom stereocenters. The largest absolute Gasteiger partial charge is 0.497 e. The lowest BCUT2D eigenvalue weighted by Gasteiger charge is -2.23. The summed E-state index contributed by atoms with van der Waals surface area (Å²) in [4.78, 5) is 46.3. The van der Waals surface area contributed by atoms with Gasteiger partial charge in [-0.1, -0.05) is 0 Å². The normalized spacial score (nSPS) is 10.9. The number of nitro groups is 2. The quantitative estimate of drug-likeness (QED) is 0.117. The monoisotopic (exact) mass is 577 g/mol. The van der Waals surface area contributed by atoms with Crippen LogP contribution in [0.25, 0.3) is 0 Å². The van der Waals surface area contributed by atoms with E-state index >= 15 is 0 Å². The predicted octanol–water partition coefficient (Wildman–Crippen LogP) is 4.77. The van der Waals surface area contributed by atoms with Crippen LogP contribution < -0.4 is 13.8 Å². The van der Waals surface area contributed by atoms with E-state index in [1.165, 1.54) is 67.8 Å². The summed E-state index contributed by atoms with van der Waals surface area (Å²) >= 11 is 0. The highest BCUT2D eigenvalue weighted by molar-refractivity contribution is 7.93. The predicted molar refractivity (Wildman–Crippen MR) is 145 cm³/mol. The first-order chi connectivity index (χ1) is 19.5. The maximum absolute atomic E-state index is 13.7.